The highest BCUT2D eigenvalue weighted by Gasteiger charge is 2.06. The molecule has 13 heavy (non-hydrogen) atoms. The molecule has 0 saturated heterocycles. The molecule has 1 unspecified atom stereocenters. The van der Waals surface area contributed by atoms with E-state index in [1.807, 2.05) is 0 Å². The van der Waals surface area contributed by atoms with E-state index in [2.05, 4.69) is 12.2 Å². The molecule has 0 aliphatic heterocycles. The van der Waals surface area contributed by atoms with Crippen LogP contribution in [0.1, 0.15) is 13.3 Å². The zero-order chi connectivity index (χ0) is 9.94. The van der Waals surface area contributed by atoms with Crippen molar-refractivity contribution < 1.29 is 9.84 Å². The molecule has 2 N–H and O–H groups in total. The summed E-state index contributed by atoms with van der Waals surface area (Å²) in [5.41, 5.74) is 0. The van der Waals surface area contributed by atoms with Crippen molar-refractivity contribution in [2.75, 3.05) is 38.4 Å². The summed E-state index contributed by atoms with van der Waals surface area (Å²) < 4.78 is 5.09. The van der Waals surface area contributed by atoms with Gasteiger partial charge < -0.3 is 15.2 Å². The van der Waals surface area contributed by atoms with Crippen molar-refractivity contribution >= 4 is 11.8 Å². The molecule has 0 saturated carbocycles. The Morgan fingerprint density at radius 2 is 2.31 bits per heavy atom. The fraction of sp³-hybridized carbons (Fsp3) is 1.00. The van der Waals surface area contributed by atoms with Gasteiger partial charge in [0.05, 0.1) is 13.2 Å². The third-order valence-corrected chi connectivity index (χ3v) is 2.71. The van der Waals surface area contributed by atoms with Crippen molar-refractivity contribution in [3.8, 4) is 0 Å². The molecule has 80 valence electrons. The zero-order valence-corrected chi connectivity index (χ0v) is 9.40. The fourth-order valence-electron chi connectivity index (χ4n) is 1.01. The number of aliphatic hydroxyl groups is 1. The van der Waals surface area contributed by atoms with Gasteiger partial charge in [0.15, 0.2) is 0 Å². The lowest BCUT2D eigenvalue weighted by Crippen LogP contribution is -2.36. The highest BCUT2D eigenvalue weighted by Crippen LogP contribution is 2.02. The van der Waals surface area contributed by atoms with Crippen LogP contribution in [-0.2, 0) is 4.74 Å². The first-order valence-electron chi connectivity index (χ1n) is 4.76. The summed E-state index contributed by atoms with van der Waals surface area (Å²) in [7, 11) is 1.72. The number of hydrogen-bond acceptors (Lipinski definition) is 4. The molecule has 0 aliphatic carbocycles. The Bertz CT molecular complexity index is 104. The van der Waals surface area contributed by atoms with Gasteiger partial charge in [-0.05, 0) is 13.0 Å². The van der Waals surface area contributed by atoms with E-state index in [1.54, 1.807) is 18.9 Å². The van der Waals surface area contributed by atoms with E-state index in [9.17, 15) is 0 Å². The van der Waals surface area contributed by atoms with E-state index < -0.39 is 0 Å². The Kier molecular flexibility index (Phi) is 10.5. The molecule has 0 bridgehead atoms. The Morgan fingerprint density at radius 3 is 2.85 bits per heavy atom. The van der Waals surface area contributed by atoms with E-state index in [1.165, 1.54) is 0 Å². The summed E-state index contributed by atoms with van der Waals surface area (Å²) in [4.78, 5) is 0. The van der Waals surface area contributed by atoms with Crippen LogP contribution >= 0.6 is 11.8 Å². The van der Waals surface area contributed by atoms with Crippen molar-refractivity contribution in [1.82, 2.24) is 5.32 Å². The van der Waals surface area contributed by atoms with E-state index in [4.69, 9.17) is 9.84 Å². The van der Waals surface area contributed by atoms with E-state index in [0.717, 1.165) is 31.1 Å². The molecular weight excluding hydrogens is 186 g/mol. The molecule has 0 aromatic carbocycles. The molecule has 0 fully saturated rings. The molecule has 0 aromatic rings. The second-order valence-corrected chi connectivity index (χ2v) is 4.05. The number of ether oxygens (including phenoxy) is 1. The minimum atomic E-state index is 0.262. The summed E-state index contributed by atoms with van der Waals surface area (Å²) in [6, 6.07) is 0.418. The van der Waals surface area contributed by atoms with Crippen LogP contribution in [0.15, 0.2) is 0 Å². The molecule has 0 radical (unpaired) electrons. The van der Waals surface area contributed by atoms with Crippen LogP contribution < -0.4 is 5.32 Å². The van der Waals surface area contributed by atoms with Crippen LogP contribution in [-0.4, -0.2) is 49.5 Å². The van der Waals surface area contributed by atoms with Crippen molar-refractivity contribution in [3.05, 3.63) is 0 Å². The van der Waals surface area contributed by atoms with Gasteiger partial charge in [-0.1, -0.05) is 6.92 Å². The first-order chi connectivity index (χ1) is 6.35. The molecule has 4 heteroatoms. The second kappa shape index (κ2) is 10.3. The summed E-state index contributed by atoms with van der Waals surface area (Å²) in [5, 5.41) is 12.0. The molecule has 1 atom stereocenters. The van der Waals surface area contributed by atoms with Crippen molar-refractivity contribution in [3.63, 3.8) is 0 Å². The lowest BCUT2D eigenvalue weighted by Gasteiger charge is -2.16. The summed E-state index contributed by atoms with van der Waals surface area (Å²) in [6.45, 7) is 4.20. The maximum absolute atomic E-state index is 8.61. The monoisotopic (exact) mass is 207 g/mol. The quantitative estimate of drug-likeness (QED) is 0.547. The Labute approximate surface area is 85.2 Å². The minimum Gasteiger partial charge on any atom is -0.396 e. The number of hydrogen-bond donors (Lipinski definition) is 2. The van der Waals surface area contributed by atoms with Crippen LogP contribution in [0, 0.1) is 0 Å². The van der Waals surface area contributed by atoms with Gasteiger partial charge in [-0.25, -0.2) is 0 Å². The molecule has 3 nitrogen and oxygen atoms in total. The first kappa shape index (κ1) is 13.2. The van der Waals surface area contributed by atoms with Crippen molar-refractivity contribution in [1.29, 1.82) is 0 Å². The van der Waals surface area contributed by atoms with Crippen molar-refractivity contribution in [2.45, 2.75) is 19.4 Å². The maximum atomic E-state index is 8.61. The highest BCUT2D eigenvalue weighted by molar-refractivity contribution is 7.99. The number of nitrogens with one attached hydrogen (secondary N) is 1. The molecule has 0 rings (SSSR count). The first-order valence-corrected chi connectivity index (χ1v) is 5.91. The Hall–Kier alpha value is 0.230. The van der Waals surface area contributed by atoms with Crippen molar-refractivity contribution in [2.24, 2.45) is 0 Å². The number of methoxy groups -OCH3 is 1. The second-order valence-electron chi connectivity index (χ2n) is 2.90. The van der Waals surface area contributed by atoms with Gasteiger partial charge in [0.2, 0.25) is 0 Å². The van der Waals surface area contributed by atoms with Crippen LogP contribution in [0.4, 0.5) is 0 Å². The molecular formula is C9H21NO2S. The number of aliphatic hydroxyl groups excluding tert-OH is 1. The van der Waals surface area contributed by atoms with Crippen LogP contribution in [0.5, 0.6) is 0 Å². The molecule has 0 heterocycles. The zero-order valence-electron chi connectivity index (χ0n) is 8.58. The molecule has 0 aliphatic rings. The maximum Gasteiger partial charge on any atom is 0.0623 e. The Balaban J connectivity index is 3.41. The van der Waals surface area contributed by atoms with Crippen LogP contribution in [0.3, 0.4) is 0 Å². The minimum absolute atomic E-state index is 0.262. The van der Waals surface area contributed by atoms with E-state index >= 15 is 0 Å². The van der Waals surface area contributed by atoms with Gasteiger partial charge in [0.1, 0.15) is 0 Å². The van der Waals surface area contributed by atoms with Gasteiger partial charge in [-0.2, -0.15) is 11.8 Å². The number of rotatable bonds is 9. The predicted molar refractivity (Wildman–Crippen MR) is 58.4 cm³/mol. The summed E-state index contributed by atoms with van der Waals surface area (Å²) in [5.74, 6) is 1.82. The predicted octanol–water partition coefficient (Wildman–Crippen LogP) is 0.726. The van der Waals surface area contributed by atoms with Gasteiger partial charge >= 0.3 is 0 Å². The smallest absolute Gasteiger partial charge is 0.0623 e. The normalized spacial score (nSPS) is 13.2. The van der Waals surface area contributed by atoms with Gasteiger partial charge in [0.25, 0.3) is 0 Å². The average molecular weight is 207 g/mol. The largest absolute Gasteiger partial charge is 0.396 e. The lowest BCUT2D eigenvalue weighted by atomic mass is 10.3. The molecule has 0 aromatic heterocycles. The molecule has 0 spiro atoms. The fourth-order valence-corrected chi connectivity index (χ4v) is 1.80. The third-order valence-electron chi connectivity index (χ3n) is 1.61. The third kappa shape index (κ3) is 8.56. The van der Waals surface area contributed by atoms with Crippen LogP contribution in [0.2, 0.25) is 0 Å². The topological polar surface area (TPSA) is 41.5 Å². The van der Waals surface area contributed by atoms with Crippen LogP contribution in [0.25, 0.3) is 0 Å². The van der Waals surface area contributed by atoms with E-state index in [-0.39, 0.29) is 6.61 Å². The number of thioether (sulfide) groups is 1. The Morgan fingerprint density at radius 1 is 1.54 bits per heavy atom. The molecule has 0 amide bonds. The highest BCUT2D eigenvalue weighted by atomic mass is 32.2. The summed E-state index contributed by atoms with van der Waals surface area (Å²) in [6.07, 6.45) is 1.14. The SMILES string of the molecule is CCCNC(COC)CSCCO. The average Bonchev–Trinajstić information content (AvgIpc) is 2.14. The van der Waals surface area contributed by atoms with E-state index in [0.29, 0.717) is 6.04 Å². The standard InChI is InChI=1S/C9H21NO2S/c1-3-4-10-9(7-12-2)8-13-6-5-11/h9-11H,3-8H2,1-2H3. The van der Waals surface area contributed by atoms with Gasteiger partial charge in [-0.15, -0.1) is 0 Å². The summed E-state index contributed by atoms with van der Waals surface area (Å²) >= 11 is 1.76. The van der Waals surface area contributed by atoms with Gasteiger partial charge in [-0.3, -0.25) is 0 Å². The van der Waals surface area contributed by atoms with Gasteiger partial charge in [0, 0.05) is 24.7 Å². The lowest BCUT2D eigenvalue weighted by molar-refractivity contribution is 0.174.